The first-order valence-electron chi connectivity index (χ1n) is 11.0. The Morgan fingerprint density at radius 1 is 0.944 bits per heavy atom. The van der Waals surface area contributed by atoms with E-state index in [0.29, 0.717) is 35.9 Å². The maximum absolute atomic E-state index is 12.2. The van der Waals surface area contributed by atoms with Gasteiger partial charge in [-0.3, -0.25) is 0 Å². The molecule has 2 aromatic carbocycles. The standard InChI is InChI=1S/C25H28N2O6S2.Na/c1-5-26-22-11-7-18(13-16(22)3)25(19-8-12-23(27-6-2)17(4)14-19)21-10-9-20(34(28,29)30)15-24(21)35(31,32)33;/h7-15,26H,5-6H2,1-4H3,(H,28,29,30)(H,31,32,33);/q;+1/p-1/b25-19+,27-23?;. The van der Waals surface area contributed by atoms with Gasteiger partial charge in [0.15, 0.2) is 0 Å². The smallest absolute Gasteiger partial charge is 0.744 e. The molecule has 1 aliphatic carbocycles. The Hall–Kier alpha value is -2.05. The molecule has 11 heteroatoms. The van der Waals surface area contributed by atoms with Gasteiger partial charge in [-0.1, -0.05) is 12.1 Å². The summed E-state index contributed by atoms with van der Waals surface area (Å²) in [4.78, 5) is 1.69. The number of aryl methyl sites for hydroxylation is 1. The van der Waals surface area contributed by atoms with Crippen molar-refractivity contribution in [3.05, 3.63) is 82.5 Å². The Morgan fingerprint density at radius 3 is 2.17 bits per heavy atom. The Morgan fingerprint density at radius 2 is 1.64 bits per heavy atom. The van der Waals surface area contributed by atoms with Crippen molar-refractivity contribution in [3.63, 3.8) is 0 Å². The van der Waals surface area contributed by atoms with Crippen LogP contribution in [0.1, 0.15) is 37.5 Å². The minimum atomic E-state index is -5.13. The second-order valence-electron chi connectivity index (χ2n) is 8.06. The molecule has 0 spiro atoms. The molecule has 8 nitrogen and oxygen atoms in total. The summed E-state index contributed by atoms with van der Waals surface area (Å²) in [5, 5.41) is 3.25. The van der Waals surface area contributed by atoms with E-state index in [4.69, 9.17) is 0 Å². The van der Waals surface area contributed by atoms with Crippen LogP contribution >= 0.6 is 0 Å². The van der Waals surface area contributed by atoms with Crippen molar-refractivity contribution >= 4 is 37.2 Å². The van der Waals surface area contributed by atoms with E-state index in [0.717, 1.165) is 28.6 Å². The van der Waals surface area contributed by atoms with Gasteiger partial charge in [0, 0.05) is 29.4 Å². The fourth-order valence-corrected chi connectivity index (χ4v) is 5.25. The molecule has 0 heterocycles. The molecule has 0 amide bonds. The van der Waals surface area contributed by atoms with Gasteiger partial charge in [-0.2, -0.15) is 0 Å². The summed E-state index contributed by atoms with van der Waals surface area (Å²) >= 11 is 0. The molecule has 2 aromatic rings. The third-order valence-corrected chi connectivity index (χ3v) is 7.25. The number of hydrogen-bond donors (Lipinski definition) is 2. The summed E-state index contributed by atoms with van der Waals surface area (Å²) in [7, 11) is -10.1. The molecule has 0 unspecified atom stereocenters. The molecule has 0 aromatic heterocycles. The Kier molecular flexibility index (Phi) is 10.1. The molecule has 0 fully saturated rings. The summed E-state index contributed by atoms with van der Waals surface area (Å²) in [6, 6.07) is 8.38. The summed E-state index contributed by atoms with van der Waals surface area (Å²) in [5.74, 6) is 0. The molecular formula is C25H27N2NaO6S2. The van der Waals surface area contributed by atoms with Crippen LogP contribution in [0, 0.1) is 6.92 Å². The van der Waals surface area contributed by atoms with Gasteiger partial charge in [0.2, 0.25) is 5.71 Å². The van der Waals surface area contributed by atoms with E-state index in [1.54, 1.807) is 12.1 Å². The summed E-state index contributed by atoms with van der Waals surface area (Å²) in [6.07, 6.45) is 5.52. The van der Waals surface area contributed by atoms with Gasteiger partial charge in [0.25, 0.3) is 0 Å². The second-order valence-corrected chi connectivity index (χ2v) is 10.8. The van der Waals surface area contributed by atoms with Gasteiger partial charge in [0.1, 0.15) is 26.8 Å². The van der Waals surface area contributed by atoms with E-state index in [1.807, 2.05) is 52.0 Å². The molecule has 0 radical (unpaired) electrons. The van der Waals surface area contributed by atoms with Crippen LogP contribution in [-0.2, 0) is 20.2 Å². The maximum Gasteiger partial charge on any atom is 1.00 e. The summed E-state index contributed by atoms with van der Waals surface area (Å²) in [6.45, 7) is 9.16. The fourth-order valence-electron chi connectivity index (χ4n) is 3.97. The molecule has 36 heavy (non-hydrogen) atoms. The average Bonchev–Trinajstić information content (AvgIpc) is 2.76. The van der Waals surface area contributed by atoms with Crippen LogP contribution in [0.2, 0.25) is 0 Å². The Balaban J connectivity index is 0.00000456. The SMILES string of the molecule is CCNc1ccc(/C(=C2/C=CC(=[NH+]CC)C(C)=C2)c2ccc(S(=O)(=O)[O-])cc2S(=O)(=O)[O-])cc1C.[Na+]. The summed E-state index contributed by atoms with van der Waals surface area (Å²) in [5.41, 5.74) is 5.29. The normalized spacial score (nSPS) is 16.4. The van der Waals surface area contributed by atoms with Crippen molar-refractivity contribution in [2.24, 2.45) is 0 Å². The van der Waals surface area contributed by atoms with E-state index in [2.05, 4.69) is 10.3 Å². The van der Waals surface area contributed by atoms with Crippen molar-refractivity contribution in [2.75, 3.05) is 18.4 Å². The van der Waals surface area contributed by atoms with Gasteiger partial charge in [0.05, 0.1) is 9.79 Å². The molecule has 0 atom stereocenters. The summed E-state index contributed by atoms with van der Waals surface area (Å²) < 4.78 is 71.3. The molecule has 0 aliphatic heterocycles. The first kappa shape index (κ1) is 30.2. The first-order chi connectivity index (χ1) is 16.4. The number of allylic oxidation sites excluding steroid dienone is 5. The topological polar surface area (TPSA) is 140 Å². The molecule has 2 N–H and O–H groups in total. The zero-order valence-corrected chi connectivity index (χ0v) is 24.5. The molecule has 3 rings (SSSR count). The first-order valence-corrected chi connectivity index (χ1v) is 13.8. The van der Waals surface area contributed by atoms with Crippen LogP contribution < -0.4 is 39.9 Å². The van der Waals surface area contributed by atoms with Crippen LogP contribution in [0.15, 0.2) is 75.6 Å². The monoisotopic (exact) mass is 538 g/mol. The maximum atomic E-state index is 12.2. The van der Waals surface area contributed by atoms with Gasteiger partial charge in [-0.15, -0.1) is 0 Å². The third-order valence-electron chi connectivity index (χ3n) is 5.55. The number of rotatable bonds is 7. The van der Waals surface area contributed by atoms with Crippen LogP contribution in [0.25, 0.3) is 5.57 Å². The predicted molar refractivity (Wildman–Crippen MR) is 133 cm³/mol. The number of nitrogens with one attached hydrogen (secondary N) is 2. The Labute approximate surface area is 234 Å². The van der Waals surface area contributed by atoms with E-state index in [-0.39, 0.29) is 35.1 Å². The molecular weight excluding hydrogens is 511 g/mol. The number of benzene rings is 2. The van der Waals surface area contributed by atoms with E-state index >= 15 is 0 Å². The van der Waals surface area contributed by atoms with E-state index in [1.165, 1.54) is 6.07 Å². The number of anilines is 1. The van der Waals surface area contributed by atoms with Crippen molar-refractivity contribution < 1.29 is 60.5 Å². The van der Waals surface area contributed by atoms with Gasteiger partial charge < -0.3 is 14.4 Å². The molecule has 1 aliphatic rings. The largest absolute Gasteiger partial charge is 1.00 e. The predicted octanol–water partition coefficient (Wildman–Crippen LogP) is -0.901. The zero-order chi connectivity index (χ0) is 26.0. The van der Waals surface area contributed by atoms with Crippen molar-refractivity contribution in [3.8, 4) is 0 Å². The fraction of sp³-hybridized carbons (Fsp3) is 0.240. The Bertz CT molecular complexity index is 1500. The van der Waals surface area contributed by atoms with Gasteiger partial charge >= 0.3 is 29.6 Å². The van der Waals surface area contributed by atoms with Crippen molar-refractivity contribution in [2.45, 2.75) is 37.5 Å². The average molecular weight is 539 g/mol. The van der Waals surface area contributed by atoms with Crippen molar-refractivity contribution in [1.29, 1.82) is 0 Å². The molecule has 0 saturated carbocycles. The van der Waals surface area contributed by atoms with Gasteiger partial charge in [-0.25, -0.2) is 21.8 Å². The minimum Gasteiger partial charge on any atom is -0.744 e. The molecule has 186 valence electrons. The zero-order valence-electron chi connectivity index (χ0n) is 20.9. The second kappa shape index (κ2) is 12.0. The van der Waals surface area contributed by atoms with E-state index < -0.39 is 30.0 Å². The van der Waals surface area contributed by atoms with Crippen LogP contribution in [-0.4, -0.2) is 44.7 Å². The number of hydrogen-bond acceptors (Lipinski definition) is 7. The third kappa shape index (κ3) is 6.83. The molecule has 0 saturated heterocycles. The molecule has 0 bridgehead atoms. The van der Waals surface area contributed by atoms with Gasteiger partial charge in [-0.05, 0) is 86.4 Å². The van der Waals surface area contributed by atoms with E-state index in [9.17, 15) is 25.9 Å². The van der Waals surface area contributed by atoms with Crippen LogP contribution in [0.4, 0.5) is 5.69 Å². The van der Waals surface area contributed by atoms with Crippen LogP contribution in [0.5, 0.6) is 0 Å². The van der Waals surface area contributed by atoms with Crippen LogP contribution in [0.3, 0.4) is 0 Å². The van der Waals surface area contributed by atoms with Crippen molar-refractivity contribution in [1.82, 2.24) is 0 Å². The quantitative estimate of drug-likeness (QED) is 0.344. The minimum absolute atomic E-state index is 0.